The zero-order valence-corrected chi connectivity index (χ0v) is 16.0. The molecule has 1 aromatic heterocycles. The molecule has 1 saturated heterocycles. The highest BCUT2D eigenvalue weighted by molar-refractivity contribution is 7.98. The number of carbonyl (C=O) groups is 1. The van der Waals surface area contributed by atoms with Crippen molar-refractivity contribution in [2.24, 2.45) is 0 Å². The smallest absolute Gasteiger partial charge is 0.227 e. The van der Waals surface area contributed by atoms with Crippen LogP contribution in [0.15, 0.2) is 53.4 Å². The second-order valence-electron chi connectivity index (χ2n) is 6.72. The van der Waals surface area contributed by atoms with Gasteiger partial charge in [0.15, 0.2) is 0 Å². The summed E-state index contributed by atoms with van der Waals surface area (Å²) in [5, 5.41) is 0. The van der Waals surface area contributed by atoms with Crippen LogP contribution < -0.4 is 4.90 Å². The minimum atomic E-state index is 0.138. The average molecular weight is 366 g/mol. The fraction of sp³-hybridized carbons (Fsp3) is 0.333. The topological polar surface area (TPSA) is 38.1 Å². The molecule has 0 radical (unpaired) electrons. The number of benzene rings is 2. The maximum atomic E-state index is 12.7. The fourth-order valence-corrected chi connectivity index (χ4v) is 4.23. The maximum Gasteiger partial charge on any atom is 0.227 e. The molecule has 3 aromatic rings. The molecule has 1 amide bonds. The number of nitrogens with zero attached hydrogens (tertiary/aromatic N) is 3. The second-order valence-corrected chi connectivity index (χ2v) is 7.60. The van der Waals surface area contributed by atoms with E-state index in [4.69, 9.17) is 4.98 Å². The lowest BCUT2D eigenvalue weighted by molar-refractivity contribution is -0.117. The number of para-hydroxylation sites is 2. The molecule has 1 atom stereocenters. The van der Waals surface area contributed by atoms with Crippen molar-refractivity contribution in [3.8, 4) is 0 Å². The highest BCUT2D eigenvalue weighted by atomic mass is 32.2. The van der Waals surface area contributed by atoms with E-state index in [1.165, 1.54) is 10.4 Å². The number of hydrogen-bond acceptors (Lipinski definition) is 3. The van der Waals surface area contributed by atoms with Crippen molar-refractivity contribution < 1.29 is 4.79 Å². The number of aryl methyl sites for hydroxylation is 1. The molecule has 2 heterocycles. The van der Waals surface area contributed by atoms with Gasteiger partial charge < -0.3 is 9.47 Å². The lowest BCUT2D eigenvalue weighted by Crippen LogP contribution is -2.24. The molecule has 1 aliphatic heterocycles. The predicted octanol–water partition coefficient (Wildman–Crippen LogP) is 4.69. The van der Waals surface area contributed by atoms with Crippen molar-refractivity contribution in [1.29, 1.82) is 0 Å². The summed E-state index contributed by atoms with van der Waals surface area (Å²) in [5.74, 6) is 1.37. The number of thioether (sulfide) groups is 1. The first-order valence-electron chi connectivity index (χ1n) is 9.11. The lowest BCUT2D eigenvalue weighted by Gasteiger charge is -2.18. The minimum absolute atomic E-state index is 0.138. The zero-order chi connectivity index (χ0) is 18.1. The fourth-order valence-electron chi connectivity index (χ4n) is 3.77. The molecule has 0 bridgehead atoms. The molecular weight excluding hydrogens is 342 g/mol. The van der Waals surface area contributed by atoms with Gasteiger partial charge in [-0.2, -0.15) is 0 Å². The van der Waals surface area contributed by atoms with Crippen LogP contribution in [0.25, 0.3) is 11.0 Å². The standard InChI is InChI=1S/C21H23N3OS/c1-3-11-23-19-10-5-4-9-18(19)22-21(23)15-12-20(25)24(14-15)16-7-6-8-17(13-16)26-2/h4-10,13,15H,3,11-12,14H2,1-2H3/t15-/m0/s1. The van der Waals surface area contributed by atoms with Crippen LogP contribution in [-0.4, -0.2) is 28.3 Å². The quantitative estimate of drug-likeness (QED) is 0.616. The first kappa shape index (κ1) is 17.2. The van der Waals surface area contributed by atoms with E-state index in [0.717, 1.165) is 30.0 Å². The number of carbonyl (C=O) groups excluding carboxylic acids is 1. The van der Waals surface area contributed by atoms with Gasteiger partial charge in [-0.25, -0.2) is 4.98 Å². The summed E-state index contributed by atoms with van der Waals surface area (Å²) in [6, 6.07) is 16.5. The molecule has 134 valence electrons. The zero-order valence-electron chi connectivity index (χ0n) is 15.2. The third kappa shape index (κ3) is 3.01. The van der Waals surface area contributed by atoms with Crippen molar-refractivity contribution in [2.75, 3.05) is 17.7 Å². The second kappa shape index (κ2) is 7.16. The van der Waals surface area contributed by atoms with Gasteiger partial charge in [0.1, 0.15) is 5.82 Å². The van der Waals surface area contributed by atoms with Gasteiger partial charge in [-0.05, 0) is 43.0 Å². The van der Waals surface area contributed by atoms with Crippen LogP contribution in [0.4, 0.5) is 5.69 Å². The van der Waals surface area contributed by atoms with E-state index in [2.05, 4.69) is 48.1 Å². The molecule has 0 spiro atoms. The van der Waals surface area contributed by atoms with Crippen LogP contribution in [0.1, 0.15) is 31.5 Å². The van der Waals surface area contributed by atoms with E-state index in [1.807, 2.05) is 23.1 Å². The number of aromatic nitrogens is 2. The largest absolute Gasteiger partial charge is 0.328 e. The third-order valence-corrected chi connectivity index (χ3v) is 5.71. The molecule has 1 fully saturated rings. The average Bonchev–Trinajstić information content (AvgIpc) is 3.23. The normalized spacial score (nSPS) is 17.4. The summed E-state index contributed by atoms with van der Waals surface area (Å²) in [5.41, 5.74) is 3.17. The Hall–Kier alpha value is -2.27. The van der Waals surface area contributed by atoms with E-state index < -0.39 is 0 Å². The van der Waals surface area contributed by atoms with Crippen molar-refractivity contribution in [2.45, 2.75) is 37.1 Å². The molecule has 1 aliphatic rings. The number of rotatable bonds is 5. The lowest BCUT2D eigenvalue weighted by atomic mass is 10.1. The van der Waals surface area contributed by atoms with Gasteiger partial charge in [-0.15, -0.1) is 11.8 Å². The first-order chi connectivity index (χ1) is 12.7. The third-order valence-electron chi connectivity index (χ3n) is 4.99. The number of anilines is 1. The molecule has 26 heavy (non-hydrogen) atoms. The van der Waals surface area contributed by atoms with E-state index >= 15 is 0 Å². The minimum Gasteiger partial charge on any atom is -0.328 e. The summed E-state index contributed by atoms with van der Waals surface area (Å²) >= 11 is 1.70. The Morgan fingerprint density at radius 1 is 1.19 bits per heavy atom. The molecule has 5 heteroatoms. The van der Waals surface area contributed by atoms with Crippen LogP contribution in [-0.2, 0) is 11.3 Å². The van der Waals surface area contributed by atoms with E-state index in [9.17, 15) is 4.79 Å². The summed E-state index contributed by atoms with van der Waals surface area (Å²) in [7, 11) is 0. The van der Waals surface area contributed by atoms with Gasteiger partial charge in [0.05, 0.1) is 11.0 Å². The van der Waals surface area contributed by atoms with E-state index in [1.54, 1.807) is 11.8 Å². The Kier molecular flexibility index (Phi) is 4.72. The Labute approximate surface area is 158 Å². The molecule has 4 rings (SSSR count). The summed E-state index contributed by atoms with van der Waals surface area (Å²) in [6.45, 7) is 3.81. The molecule has 0 unspecified atom stereocenters. The van der Waals surface area contributed by atoms with Crippen LogP contribution >= 0.6 is 11.8 Å². The van der Waals surface area contributed by atoms with Crippen molar-refractivity contribution in [3.63, 3.8) is 0 Å². The predicted molar refractivity (Wildman–Crippen MR) is 108 cm³/mol. The number of imidazole rings is 1. The Morgan fingerprint density at radius 3 is 2.85 bits per heavy atom. The van der Waals surface area contributed by atoms with Crippen LogP contribution in [0.3, 0.4) is 0 Å². The molecule has 4 nitrogen and oxygen atoms in total. The van der Waals surface area contributed by atoms with Gasteiger partial charge in [0.2, 0.25) is 5.91 Å². The van der Waals surface area contributed by atoms with E-state index in [-0.39, 0.29) is 11.8 Å². The monoisotopic (exact) mass is 365 g/mol. The van der Waals surface area contributed by atoms with Crippen molar-refractivity contribution in [3.05, 3.63) is 54.4 Å². The van der Waals surface area contributed by atoms with Crippen LogP contribution in [0.5, 0.6) is 0 Å². The maximum absolute atomic E-state index is 12.7. The van der Waals surface area contributed by atoms with Crippen molar-refractivity contribution in [1.82, 2.24) is 9.55 Å². The Balaban J connectivity index is 1.68. The van der Waals surface area contributed by atoms with Gasteiger partial charge >= 0.3 is 0 Å². The van der Waals surface area contributed by atoms with E-state index in [0.29, 0.717) is 13.0 Å². The SMILES string of the molecule is CCCn1c([C@H]2CC(=O)N(c3cccc(SC)c3)C2)nc2ccccc21. The highest BCUT2D eigenvalue weighted by Gasteiger charge is 2.34. The number of amides is 1. The van der Waals surface area contributed by atoms with Crippen molar-refractivity contribution >= 4 is 34.4 Å². The van der Waals surface area contributed by atoms with Crippen LogP contribution in [0, 0.1) is 0 Å². The van der Waals surface area contributed by atoms with Crippen LogP contribution in [0.2, 0.25) is 0 Å². The first-order valence-corrected chi connectivity index (χ1v) is 10.3. The molecule has 0 N–H and O–H groups in total. The number of fused-ring (bicyclic) bond motifs is 1. The highest BCUT2D eigenvalue weighted by Crippen LogP contribution is 2.34. The van der Waals surface area contributed by atoms with Gasteiger partial charge in [-0.1, -0.05) is 25.1 Å². The Morgan fingerprint density at radius 2 is 2.04 bits per heavy atom. The summed E-state index contributed by atoms with van der Waals surface area (Å²) in [6.07, 6.45) is 3.63. The summed E-state index contributed by atoms with van der Waals surface area (Å²) in [4.78, 5) is 20.7. The van der Waals surface area contributed by atoms with Gasteiger partial charge in [0, 0.05) is 36.0 Å². The molecule has 0 saturated carbocycles. The molecule has 2 aromatic carbocycles. The molecular formula is C21H23N3OS. The summed E-state index contributed by atoms with van der Waals surface area (Å²) < 4.78 is 2.30. The van der Waals surface area contributed by atoms with Gasteiger partial charge in [-0.3, -0.25) is 4.79 Å². The Bertz CT molecular complexity index is 949. The molecule has 0 aliphatic carbocycles. The number of hydrogen-bond donors (Lipinski definition) is 0. The van der Waals surface area contributed by atoms with Gasteiger partial charge in [0.25, 0.3) is 0 Å².